The molecule has 1 amide bonds. The second kappa shape index (κ2) is 16.5. The van der Waals surface area contributed by atoms with Crippen molar-refractivity contribution >= 4 is 39.6 Å². The summed E-state index contributed by atoms with van der Waals surface area (Å²) in [7, 11) is 1.75. The number of nitrogens with one attached hydrogen (secondary N) is 1. The molecule has 2 aromatic heterocycles. The fourth-order valence-corrected chi connectivity index (χ4v) is 12.8. The maximum Gasteiger partial charge on any atom is 0.324 e. The number of hydrogen-bond donors (Lipinski definition) is 2. The minimum atomic E-state index is -0.994. The van der Waals surface area contributed by atoms with Gasteiger partial charge in [0.1, 0.15) is 18.2 Å². The molecule has 5 fully saturated rings. The lowest BCUT2D eigenvalue weighted by molar-refractivity contribution is -0.155. The molecule has 0 saturated carbocycles. The molecule has 10 rings (SSSR count). The zero-order valence-electron chi connectivity index (χ0n) is 37.1. The number of pyridine rings is 1. The molecule has 15 heteroatoms. The summed E-state index contributed by atoms with van der Waals surface area (Å²) in [6, 6.07) is 8.26. The SMILES string of the molecule is CCO[C@@H]1C2=NC(CS2)c2ccc3c(c2)c(c(-c2cc([C@@H]4C[C@H]5COC[C@@]6(C7COC7)[C@@H](C4)N56)cnc2[C@H](C)OC)n3CC)CC(C)(C)COC(=O)[C@@H]2CCCN(N2)C(=O)[C@H]1N. The maximum absolute atomic E-state index is 13.9. The zero-order chi connectivity index (χ0) is 43.1. The fourth-order valence-electron chi connectivity index (χ4n) is 11.6. The Morgan fingerprint density at radius 2 is 1.92 bits per heavy atom. The van der Waals surface area contributed by atoms with E-state index in [2.05, 4.69) is 73.1 Å². The quantitative estimate of drug-likeness (QED) is 0.223. The highest BCUT2D eigenvalue weighted by Gasteiger charge is 2.72. The Hall–Kier alpha value is -3.41. The number of thioether (sulfide) groups is 1. The molecule has 1 aromatic carbocycles. The van der Waals surface area contributed by atoms with Gasteiger partial charge in [-0.05, 0) is 93.7 Å². The van der Waals surface area contributed by atoms with Crippen molar-refractivity contribution in [1.29, 1.82) is 0 Å². The molecule has 9 heterocycles. The number of carbonyl (C=O) groups is 2. The number of carbonyl (C=O) groups excluding carboxylic acids is 2. The first-order chi connectivity index (χ1) is 30.0. The normalized spacial score (nSPS) is 33.9. The Balaban J connectivity index is 1.09. The predicted molar refractivity (Wildman–Crippen MR) is 238 cm³/mol. The van der Waals surface area contributed by atoms with Crippen LogP contribution in [0.4, 0.5) is 0 Å². The number of methoxy groups -OCH3 is 1. The molecule has 6 bridgehead atoms. The van der Waals surface area contributed by atoms with E-state index in [9.17, 15) is 9.59 Å². The van der Waals surface area contributed by atoms with Gasteiger partial charge in [0.2, 0.25) is 0 Å². The van der Waals surface area contributed by atoms with Crippen LogP contribution in [0, 0.1) is 11.3 Å². The number of hydrogen-bond acceptors (Lipinski definition) is 13. The van der Waals surface area contributed by atoms with Crippen LogP contribution in [0.1, 0.15) is 101 Å². The molecular formula is C47H63N7O7S. The van der Waals surface area contributed by atoms with Gasteiger partial charge in [-0.25, -0.2) is 5.43 Å². The van der Waals surface area contributed by atoms with Crippen molar-refractivity contribution in [3.63, 3.8) is 0 Å². The number of fused-ring (bicyclic) bond motifs is 6. The summed E-state index contributed by atoms with van der Waals surface area (Å²) in [5.74, 6) is 0.905. The van der Waals surface area contributed by atoms with Gasteiger partial charge >= 0.3 is 5.97 Å². The topological polar surface area (TPSA) is 155 Å². The summed E-state index contributed by atoms with van der Waals surface area (Å²) in [6.07, 6.45) is 5.11. The number of benzene rings is 1. The molecule has 0 radical (unpaired) electrons. The van der Waals surface area contributed by atoms with E-state index in [0.29, 0.717) is 62.1 Å². The first-order valence-corrected chi connectivity index (χ1v) is 23.9. The van der Waals surface area contributed by atoms with E-state index in [-0.39, 0.29) is 36.2 Å². The first-order valence-electron chi connectivity index (χ1n) is 22.9. The third kappa shape index (κ3) is 7.13. The average molecular weight is 870 g/mol. The minimum Gasteiger partial charge on any atom is -0.464 e. The highest BCUT2D eigenvalue weighted by molar-refractivity contribution is 8.14. The Kier molecular flexibility index (Phi) is 11.3. The number of amides is 1. The third-order valence-corrected chi connectivity index (χ3v) is 16.1. The summed E-state index contributed by atoms with van der Waals surface area (Å²) in [6.45, 7) is 15.5. The average Bonchev–Trinajstić information content (AvgIpc) is 3.52. The van der Waals surface area contributed by atoms with Crippen molar-refractivity contribution in [3.8, 4) is 11.3 Å². The van der Waals surface area contributed by atoms with Crippen LogP contribution in [-0.2, 0) is 46.2 Å². The van der Waals surface area contributed by atoms with Crippen LogP contribution >= 0.6 is 11.8 Å². The fraction of sp³-hybridized carbons (Fsp3) is 0.660. The molecule has 0 spiro atoms. The van der Waals surface area contributed by atoms with Crippen molar-refractivity contribution in [2.45, 2.75) is 127 Å². The van der Waals surface area contributed by atoms with E-state index in [1.807, 2.05) is 6.92 Å². The maximum atomic E-state index is 13.9. The number of aliphatic imine (C=N–C) groups is 1. The number of ether oxygens (including phenoxy) is 5. The van der Waals surface area contributed by atoms with Gasteiger partial charge in [-0.1, -0.05) is 19.9 Å². The Labute approximate surface area is 368 Å². The number of aromatic nitrogens is 2. The number of nitrogens with two attached hydrogens (primary N) is 1. The van der Waals surface area contributed by atoms with Crippen LogP contribution in [0.25, 0.3) is 22.2 Å². The van der Waals surface area contributed by atoms with E-state index in [1.165, 1.54) is 16.1 Å². The highest BCUT2D eigenvalue weighted by atomic mass is 32.2. The standard InChI is InChI=1S/C47H63N7O7S/c1-7-52-37-12-11-27-15-32(37)34(18-46(4,5)24-61-45(56)35-10-9-13-53(51-35)44(55)39(48)42(60-8-2)43-50-36(27)23-62-43)41(52)33-16-29(19-49-40(33)26(3)57-6)28-14-31-22-59-25-47(30-20-58-21-30)38(17-28)54(31)47/h11-12,15-16,19,26,28,30-31,35-36,38-39,42,51H,7-10,13-14,17-18,20-25,48H2,1-6H3/t26-,28+,31-,35-,36?,38+,39-,42-,47+,54?/m0/s1. The molecule has 7 aliphatic rings. The summed E-state index contributed by atoms with van der Waals surface area (Å²) in [5, 5.41) is 3.35. The van der Waals surface area contributed by atoms with E-state index < -0.39 is 23.6 Å². The number of hydrazine groups is 1. The van der Waals surface area contributed by atoms with Gasteiger partial charge < -0.3 is 34.0 Å². The van der Waals surface area contributed by atoms with Gasteiger partial charge in [0.05, 0.1) is 67.2 Å². The van der Waals surface area contributed by atoms with Gasteiger partial charge in [-0.2, -0.15) is 0 Å². The number of aryl methyl sites for hydroxylation is 1. The Bertz CT molecular complexity index is 2260. The number of piperidine rings is 1. The molecule has 3 aromatic rings. The molecular weight excluding hydrogens is 807 g/mol. The molecule has 0 aliphatic carbocycles. The van der Waals surface area contributed by atoms with Crippen molar-refractivity contribution in [3.05, 3.63) is 52.8 Å². The number of cyclic esters (lactones) is 1. The molecule has 5 saturated heterocycles. The van der Waals surface area contributed by atoms with Crippen LogP contribution in [0.2, 0.25) is 0 Å². The smallest absolute Gasteiger partial charge is 0.324 e. The molecule has 7 aliphatic heterocycles. The van der Waals surface area contributed by atoms with Crippen LogP contribution in [-0.4, -0.2) is 131 Å². The lowest BCUT2D eigenvalue weighted by Crippen LogP contribution is -2.61. The second-order valence-electron chi connectivity index (χ2n) is 19.4. The Morgan fingerprint density at radius 1 is 1.08 bits per heavy atom. The van der Waals surface area contributed by atoms with Gasteiger partial charge in [0.25, 0.3) is 5.91 Å². The summed E-state index contributed by atoms with van der Waals surface area (Å²) < 4.78 is 32.9. The predicted octanol–water partition coefficient (Wildman–Crippen LogP) is 5.32. The first kappa shape index (κ1) is 42.5. The molecule has 62 heavy (non-hydrogen) atoms. The van der Waals surface area contributed by atoms with Gasteiger partial charge in [-0.15, -0.1) is 11.8 Å². The van der Waals surface area contributed by atoms with Crippen molar-refractivity contribution < 1.29 is 33.3 Å². The minimum absolute atomic E-state index is 0.116. The Morgan fingerprint density at radius 3 is 2.68 bits per heavy atom. The van der Waals surface area contributed by atoms with E-state index in [0.717, 1.165) is 84.3 Å². The summed E-state index contributed by atoms with van der Waals surface area (Å²) >= 11 is 1.60. The number of rotatable bonds is 8. The number of esters is 1. The van der Waals surface area contributed by atoms with Crippen LogP contribution < -0.4 is 11.2 Å². The van der Waals surface area contributed by atoms with Gasteiger partial charge in [0.15, 0.2) is 0 Å². The second-order valence-corrected chi connectivity index (χ2v) is 20.4. The van der Waals surface area contributed by atoms with Crippen LogP contribution in [0.3, 0.4) is 0 Å². The van der Waals surface area contributed by atoms with E-state index >= 15 is 0 Å². The molecule has 3 N–H and O–H groups in total. The van der Waals surface area contributed by atoms with E-state index in [4.69, 9.17) is 39.4 Å². The number of morpholine rings is 1. The van der Waals surface area contributed by atoms with E-state index in [1.54, 1.807) is 18.9 Å². The largest absolute Gasteiger partial charge is 0.464 e. The van der Waals surface area contributed by atoms with Crippen molar-refractivity contribution in [2.75, 3.05) is 59.0 Å². The lowest BCUT2D eigenvalue weighted by Gasteiger charge is -2.39. The van der Waals surface area contributed by atoms with Crippen LogP contribution in [0.15, 0.2) is 35.5 Å². The molecule has 10 atom stereocenters. The van der Waals surface area contributed by atoms with Crippen molar-refractivity contribution in [1.82, 2.24) is 24.9 Å². The lowest BCUT2D eigenvalue weighted by atomic mass is 9.81. The van der Waals surface area contributed by atoms with Gasteiger partial charge in [-0.3, -0.25) is 29.5 Å². The van der Waals surface area contributed by atoms with Crippen LogP contribution in [0.5, 0.6) is 0 Å². The zero-order valence-corrected chi connectivity index (χ0v) is 37.9. The summed E-state index contributed by atoms with van der Waals surface area (Å²) in [4.78, 5) is 41.0. The molecule has 14 nitrogen and oxygen atoms in total. The number of nitrogens with zero attached hydrogens (tertiary/aromatic N) is 5. The third-order valence-electron chi connectivity index (χ3n) is 14.9. The highest BCUT2D eigenvalue weighted by Crippen LogP contribution is 2.60. The molecule has 2 unspecified atom stereocenters. The molecule has 334 valence electrons. The van der Waals surface area contributed by atoms with Crippen molar-refractivity contribution in [2.24, 2.45) is 22.1 Å². The summed E-state index contributed by atoms with van der Waals surface area (Å²) in [5.41, 5.74) is 17.3. The van der Waals surface area contributed by atoms with Gasteiger partial charge in [0, 0.05) is 78.6 Å². The monoisotopic (exact) mass is 869 g/mol.